The largest absolute Gasteiger partial charge is 0.339 e. The van der Waals surface area contributed by atoms with Crippen LogP contribution in [0.15, 0.2) is 28.9 Å². The molecular formula is C13H11BrCl2N2. The van der Waals surface area contributed by atoms with E-state index in [-0.39, 0.29) is 0 Å². The summed E-state index contributed by atoms with van der Waals surface area (Å²) in [5.74, 6) is 0.764. The summed E-state index contributed by atoms with van der Waals surface area (Å²) in [4.78, 5) is 4.31. The van der Waals surface area contributed by atoms with Gasteiger partial charge in [-0.1, -0.05) is 23.2 Å². The minimum atomic E-state index is 0.626. The number of hydrogen-bond acceptors (Lipinski definition) is 2. The first-order chi connectivity index (χ1) is 8.47. The second-order valence-electron chi connectivity index (χ2n) is 4.03. The molecule has 0 saturated carbocycles. The fourth-order valence-corrected chi connectivity index (χ4v) is 2.42. The Hall–Kier alpha value is -0.770. The number of nitrogens with one attached hydrogen (secondary N) is 1. The van der Waals surface area contributed by atoms with Crippen LogP contribution in [0.1, 0.15) is 11.1 Å². The van der Waals surface area contributed by atoms with Crippen molar-refractivity contribution in [3.05, 3.63) is 50.0 Å². The molecule has 2 nitrogen and oxygen atoms in total. The number of hydrogen-bond donors (Lipinski definition) is 1. The Labute approximate surface area is 124 Å². The summed E-state index contributed by atoms with van der Waals surface area (Å²) in [6.45, 7) is 3.89. The van der Waals surface area contributed by atoms with E-state index in [0.29, 0.717) is 10.0 Å². The molecule has 0 fully saturated rings. The van der Waals surface area contributed by atoms with Crippen LogP contribution in [-0.2, 0) is 0 Å². The van der Waals surface area contributed by atoms with Gasteiger partial charge in [-0.2, -0.15) is 0 Å². The number of rotatable bonds is 2. The molecule has 2 aromatic rings. The molecule has 0 bridgehead atoms. The molecule has 0 aliphatic heterocycles. The molecule has 0 unspecified atom stereocenters. The van der Waals surface area contributed by atoms with E-state index in [1.807, 2.05) is 32.0 Å². The van der Waals surface area contributed by atoms with Crippen molar-refractivity contribution in [2.75, 3.05) is 5.32 Å². The lowest BCUT2D eigenvalue weighted by Gasteiger charge is -2.11. The lowest BCUT2D eigenvalue weighted by Crippen LogP contribution is -1.97. The van der Waals surface area contributed by atoms with E-state index in [0.717, 1.165) is 27.1 Å². The van der Waals surface area contributed by atoms with Crippen LogP contribution in [-0.4, -0.2) is 4.98 Å². The Balaban J connectivity index is 2.37. The topological polar surface area (TPSA) is 24.9 Å². The number of halogens is 3. The normalized spacial score (nSPS) is 10.5. The quantitative estimate of drug-likeness (QED) is 0.776. The van der Waals surface area contributed by atoms with Crippen molar-refractivity contribution in [1.82, 2.24) is 4.98 Å². The number of pyridine rings is 1. The Morgan fingerprint density at radius 2 is 1.78 bits per heavy atom. The van der Waals surface area contributed by atoms with E-state index in [9.17, 15) is 0 Å². The highest BCUT2D eigenvalue weighted by atomic mass is 79.9. The predicted octanol–water partition coefficient (Wildman–Crippen LogP) is 5.51. The zero-order valence-corrected chi connectivity index (χ0v) is 13.0. The van der Waals surface area contributed by atoms with Crippen LogP contribution in [0, 0.1) is 13.8 Å². The molecule has 1 aromatic carbocycles. The van der Waals surface area contributed by atoms with Gasteiger partial charge in [-0.3, -0.25) is 0 Å². The molecule has 0 amide bonds. The second-order valence-corrected chi connectivity index (χ2v) is 5.76. The molecule has 1 heterocycles. The van der Waals surface area contributed by atoms with Crippen molar-refractivity contribution in [2.45, 2.75) is 13.8 Å². The molecule has 2 rings (SSSR count). The molecule has 0 saturated heterocycles. The monoisotopic (exact) mass is 344 g/mol. The smallest absolute Gasteiger partial charge is 0.133 e. The Kier molecular flexibility index (Phi) is 4.15. The summed E-state index contributed by atoms with van der Waals surface area (Å²) >= 11 is 15.6. The van der Waals surface area contributed by atoms with Crippen molar-refractivity contribution >= 4 is 50.6 Å². The zero-order valence-electron chi connectivity index (χ0n) is 9.89. The number of anilines is 2. The van der Waals surface area contributed by atoms with Crippen LogP contribution in [0.25, 0.3) is 0 Å². The third-order valence-corrected chi connectivity index (χ3v) is 3.70. The maximum absolute atomic E-state index is 6.18. The van der Waals surface area contributed by atoms with Crippen LogP contribution < -0.4 is 5.32 Å². The molecule has 94 valence electrons. The minimum Gasteiger partial charge on any atom is -0.339 e. The second kappa shape index (κ2) is 5.47. The first kappa shape index (κ1) is 13.7. The van der Waals surface area contributed by atoms with Crippen LogP contribution in [0.4, 0.5) is 11.5 Å². The van der Waals surface area contributed by atoms with Gasteiger partial charge in [0.25, 0.3) is 0 Å². The molecule has 0 atom stereocenters. The van der Waals surface area contributed by atoms with Crippen LogP contribution >= 0.6 is 39.1 Å². The van der Waals surface area contributed by atoms with E-state index in [2.05, 4.69) is 26.2 Å². The van der Waals surface area contributed by atoms with Gasteiger partial charge in [0.05, 0.1) is 10.7 Å². The van der Waals surface area contributed by atoms with Gasteiger partial charge in [0.15, 0.2) is 0 Å². The summed E-state index contributed by atoms with van der Waals surface area (Å²) in [6.07, 6.45) is 1.74. The highest BCUT2D eigenvalue weighted by Gasteiger charge is 2.07. The lowest BCUT2D eigenvalue weighted by molar-refractivity contribution is 1.24. The van der Waals surface area contributed by atoms with E-state index in [1.54, 1.807) is 6.20 Å². The molecule has 0 radical (unpaired) electrons. The Bertz CT molecular complexity index is 600. The summed E-state index contributed by atoms with van der Waals surface area (Å²) < 4.78 is 0.943. The lowest BCUT2D eigenvalue weighted by atomic mass is 10.2. The van der Waals surface area contributed by atoms with E-state index < -0.39 is 0 Å². The standard InChI is InChI=1S/C13H11BrCl2N2/c1-7-4-11(16)12(5-10(7)15)18-13-8(2)3-9(14)6-17-13/h3-6H,1-2H3,(H,17,18). The van der Waals surface area contributed by atoms with Crippen molar-refractivity contribution in [3.8, 4) is 0 Å². The zero-order chi connectivity index (χ0) is 13.3. The number of nitrogens with zero attached hydrogens (tertiary/aromatic N) is 1. The average Bonchev–Trinajstić information content (AvgIpc) is 2.29. The molecule has 18 heavy (non-hydrogen) atoms. The van der Waals surface area contributed by atoms with E-state index in [1.165, 1.54) is 0 Å². The van der Waals surface area contributed by atoms with Crippen LogP contribution in [0.5, 0.6) is 0 Å². The molecule has 1 N–H and O–H groups in total. The average molecular weight is 346 g/mol. The van der Waals surface area contributed by atoms with Gasteiger partial charge in [-0.05, 0) is 59.1 Å². The highest BCUT2D eigenvalue weighted by molar-refractivity contribution is 9.10. The Morgan fingerprint density at radius 3 is 2.44 bits per heavy atom. The first-order valence-electron chi connectivity index (χ1n) is 5.32. The molecule has 0 aliphatic rings. The van der Waals surface area contributed by atoms with Crippen LogP contribution in [0.3, 0.4) is 0 Å². The SMILES string of the molecule is Cc1cc(Cl)c(Nc2ncc(Br)cc2C)cc1Cl. The third-order valence-electron chi connectivity index (χ3n) is 2.55. The molecule has 5 heteroatoms. The van der Waals surface area contributed by atoms with Crippen molar-refractivity contribution in [1.29, 1.82) is 0 Å². The third kappa shape index (κ3) is 2.97. The maximum atomic E-state index is 6.18. The maximum Gasteiger partial charge on any atom is 0.133 e. The summed E-state index contributed by atoms with van der Waals surface area (Å²) in [6, 6.07) is 5.63. The van der Waals surface area contributed by atoms with Gasteiger partial charge in [0, 0.05) is 15.7 Å². The van der Waals surface area contributed by atoms with Gasteiger partial charge in [0.2, 0.25) is 0 Å². The highest BCUT2D eigenvalue weighted by Crippen LogP contribution is 2.31. The predicted molar refractivity (Wildman–Crippen MR) is 81.2 cm³/mol. The first-order valence-corrected chi connectivity index (χ1v) is 6.87. The van der Waals surface area contributed by atoms with Gasteiger partial charge in [0.1, 0.15) is 5.82 Å². The van der Waals surface area contributed by atoms with E-state index in [4.69, 9.17) is 23.2 Å². The van der Waals surface area contributed by atoms with Gasteiger partial charge < -0.3 is 5.32 Å². The summed E-state index contributed by atoms with van der Waals surface area (Å²) in [5.41, 5.74) is 2.73. The number of aryl methyl sites for hydroxylation is 2. The van der Waals surface area contributed by atoms with Crippen molar-refractivity contribution in [3.63, 3.8) is 0 Å². The fourth-order valence-electron chi connectivity index (χ4n) is 1.54. The van der Waals surface area contributed by atoms with Gasteiger partial charge in [-0.25, -0.2) is 4.98 Å². The molecule has 1 aromatic heterocycles. The van der Waals surface area contributed by atoms with Crippen molar-refractivity contribution in [2.24, 2.45) is 0 Å². The van der Waals surface area contributed by atoms with E-state index >= 15 is 0 Å². The molecule has 0 aliphatic carbocycles. The fraction of sp³-hybridized carbons (Fsp3) is 0.154. The number of aromatic nitrogens is 1. The minimum absolute atomic E-state index is 0.626. The van der Waals surface area contributed by atoms with Crippen molar-refractivity contribution < 1.29 is 0 Å². The summed E-state index contributed by atoms with van der Waals surface area (Å²) in [7, 11) is 0. The number of benzene rings is 1. The van der Waals surface area contributed by atoms with Gasteiger partial charge >= 0.3 is 0 Å². The summed E-state index contributed by atoms with van der Waals surface area (Å²) in [5, 5.41) is 4.49. The molecule has 0 spiro atoms. The Morgan fingerprint density at radius 1 is 1.06 bits per heavy atom. The van der Waals surface area contributed by atoms with Gasteiger partial charge in [-0.15, -0.1) is 0 Å². The van der Waals surface area contributed by atoms with Crippen LogP contribution in [0.2, 0.25) is 10.0 Å². The molecular weight excluding hydrogens is 335 g/mol.